The molecule has 0 bridgehead atoms. The van der Waals surface area contributed by atoms with Crippen molar-refractivity contribution in [1.29, 1.82) is 0 Å². The van der Waals surface area contributed by atoms with Crippen LogP contribution in [0.15, 0.2) is 45.9 Å². The second-order valence-electron chi connectivity index (χ2n) is 5.02. The number of nitrogens with two attached hydrogens (primary N) is 1. The summed E-state index contributed by atoms with van der Waals surface area (Å²) in [4.78, 5) is 12.1. The first-order valence-corrected chi connectivity index (χ1v) is 10.3. The van der Waals surface area contributed by atoms with Crippen LogP contribution in [0, 0.1) is 0 Å². The lowest BCUT2D eigenvalue weighted by atomic mass is 10.1. The molecule has 0 saturated carbocycles. The van der Waals surface area contributed by atoms with E-state index in [0.717, 1.165) is 0 Å². The smallest absolute Gasteiger partial charge is 0.340 e. The number of carbonyl (C=O) groups is 1. The summed E-state index contributed by atoms with van der Waals surface area (Å²) in [6, 6.07) is 7.47. The number of carbonyl (C=O) groups excluding carboxylic acids is 1. The maximum absolute atomic E-state index is 12.3. The Morgan fingerprint density at radius 3 is 2.59 bits per heavy atom. The Morgan fingerprint density at radius 2 is 2.00 bits per heavy atom. The summed E-state index contributed by atoms with van der Waals surface area (Å²) in [5, 5.41) is 8.15. The lowest BCUT2D eigenvalue weighted by Crippen LogP contribution is -2.16. The van der Waals surface area contributed by atoms with E-state index in [1.165, 1.54) is 30.8 Å². The Balaban J connectivity index is 0.00000176. The van der Waals surface area contributed by atoms with Gasteiger partial charge in [-0.3, -0.25) is 0 Å². The summed E-state index contributed by atoms with van der Waals surface area (Å²) in [6.07, 6.45) is 3.00. The van der Waals surface area contributed by atoms with Gasteiger partial charge < -0.3 is 19.2 Å². The van der Waals surface area contributed by atoms with Crippen molar-refractivity contribution in [3.8, 4) is 0 Å². The Labute approximate surface area is 163 Å². The fourth-order valence-corrected chi connectivity index (χ4v) is 2.57. The third-order valence-corrected chi connectivity index (χ3v) is 4.15. The molecule has 2 rings (SSSR count). The molecule has 0 amide bonds. The first-order valence-electron chi connectivity index (χ1n) is 7.97. The molecule has 150 valence electrons. The molecule has 3 N–H and O–H groups in total. The van der Waals surface area contributed by atoms with Crippen LogP contribution in [0.4, 0.5) is 5.69 Å². The van der Waals surface area contributed by atoms with Crippen LogP contribution in [0.2, 0.25) is 0 Å². The second kappa shape index (κ2) is 11.6. The number of rotatable bonds is 9. The van der Waals surface area contributed by atoms with Gasteiger partial charge in [-0.1, -0.05) is 0 Å². The highest BCUT2D eigenvalue weighted by Gasteiger charge is 2.18. The van der Waals surface area contributed by atoms with Gasteiger partial charge in [0.05, 0.1) is 29.9 Å². The van der Waals surface area contributed by atoms with Gasteiger partial charge >= 0.3 is 5.97 Å². The van der Waals surface area contributed by atoms with Crippen LogP contribution in [0.3, 0.4) is 0 Å². The van der Waals surface area contributed by atoms with Gasteiger partial charge in [0, 0.05) is 18.7 Å². The number of alkyl halides is 1. The van der Waals surface area contributed by atoms with Gasteiger partial charge in [-0.2, -0.15) is 0 Å². The minimum absolute atomic E-state index is 0.0594. The fraction of sp³-hybridized carbons (Fsp3) is 0.353. The van der Waals surface area contributed by atoms with Gasteiger partial charge in [-0.15, -0.1) is 11.6 Å². The molecule has 0 atom stereocenters. The zero-order chi connectivity index (χ0) is 20.3. The average molecular weight is 419 g/mol. The normalized spacial score (nSPS) is 10.7. The minimum Gasteiger partial charge on any atom is -0.467 e. The third kappa shape index (κ3) is 7.59. The predicted octanol–water partition coefficient (Wildman–Crippen LogP) is 2.59. The molecular formula is C17H23ClN2O6S. The molecule has 0 aliphatic rings. The minimum atomic E-state index is -3.94. The number of benzene rings is 1. The average Bonchev–Trinajstić information content (AvgIpc) is 3.17. The fourth-order valence-electron chi connectivity index (χ4n) is 2.03. The summed E-state index contributed by atoms with van der Waals surface area (Å²) in [7, 11) is -3.94. The van der Waals surface area contributed by atoms with Crippen molar-refractivity contribution in [2.45, 2.75) is 18.4 Å². The number of furan rings is 1. The number of hydrogen-bond acceptors (Lipinski definition) is 7. The standard InChI is InChI=1S/C16H20N2O6S.CH3Cl/c1-2-22-8-9-24-16(19)14-10-13(25(17,20)21)5-6-15(14)18-11-12-4-3-7-23-12;1-2/h3-7,10,18H,2,8-9,11H2,1H3,(H2,17,20,21);1H3. The summed E-state index contributed by atoms with van der Waals surface area (Å²) >= 11 is 4.64. The predicted molar refractivity (Wildman–Crippen MR) is 102 cm³/mol. The number of ether oxygens (including phenoxy) is 2. The first kappa shape index (κ1) is 23.0. The molecule has 0 aliphatic heterocycles. The van der Waals surface area contributed by atoms with Gasteiger partial charge in [-0.25, -0.2) is 18.4 Å². The molecule has 0 aliphatic carbocycles. The summed E-state index contributed by atoms with van der Waals surface area (Å²) in [6.45, 7) is 2.97. The molecule has 10 heteroatoms. The van der Waals surface area contributed by atoms with Crippen LogP contribution in [-0.4, -0.2) is 40.6 Å². The van der Waals surface area contributed by atoms with Gasteiger partial charge in [0.15, 0.2) is 0 Å². The Morgan fingerprint density at radius 1 is 1.26 bits per heavy atom. The Kier molecular flexibility index (Phi) is 9.87. The molecule has 8 nitrogen and oxygen atoms in total. The number of anilines is 1. The molecular weight excluding hydrogens is 396 g/mol. The quantitative estimate of drug-likeness (QED) is 0.364. The van der Waals surface area contributed by atoms with Crippen molar-refractivity contribution in [2.75, 3.05) is 31.5 Å². The van der Waals surface area contributed by atoms with Crippen LogP contribution < -0.4 is 10.5 Å². The number of sulfonamides is 1. The van der Waals surface area contributed by atoms with Gasteiger partial charge in [0.2, 0.25) is 10.0 Å². The molecule has 0 fully saturated rings. The SMILES string of the molecule is CCOCCOC(=O)c1cc(S(N)(=O)=O)ccc1NCc1ccco1.CCl. The molecule has 1 aromatic heterocycles. The molecule has 1 heterocycles. The zero-order valence-electron chi connectivity index (χ0n) is 15.1. The molecule has 0 saturated heterocycles. The van der Waals surface area contributed by atoms with Gasteiger partial charge in [0.1, 0.15) is 12.4 Å². The highest BCUT2D eigenvalue weighted by molar-refractivity contribution is 7.89. The Bertz CT molecular complexity index is 809. The monoisotopic (exact) mass is 418 g/mol. The Hall–Kier alpha value is -2.07. The van der Waals surface area contributed by atoms with E-state index in [0.29, 0.717) is 24.6 Å². The number of nitrogens with one attached hydrogen (secondary N) is 1. The lowest BCUT2D eigenvalue weighted by Gasteiger charge is -2.12. The largest absolute Gasteiger partial charge is 0.467 e. The highest BCUT2D eigenvalue weighted by Crippen LogP contribution is 2.22. The van der Waals surface area contributed by atoms with Crippen molar-refractivity contribution in [3.63, 3.8) is 0 Å². The second-order valence-corrected chi connectivity index (χ2v) is 6.58. The van der Waals surface area contributed by atoms with E-state index in [4.69, 9.17) is 19.0 Å². The number of hydrogen-bond donors (Lipinski definition) is 2. The van der Waals surface area contributed by atoms with Gasteiger partial charge in [-0.05, 0) is 37.3 Å². The highest BCUT2D eigenvalue weighted by atomic mass is 35.5. The maximum Gasteiger partial charge on any atom is 0.340 e. The van der Waals surface area contributed by atoms with Crippen LogP contribution in [0.25, 0.3) is 0 Å². The third-order valence-electron chi connectivity index (χ3n) is 3.24. The summed E-state index contributed by atoms with van der Waals surface area (Å²) < 4.78 is 38.5. The zero-order valence-corrected chi connectivity index (χ0v) is 16.7. The van der Waals surface area contributed by atoms with E-state index in [2.05, 4.69) is 16.9 Å². The molecule has 1 aromatic carbocycles. The topological polar surface area (TPSA) is 121 Å². The van der Waals surface area contributed by atoms with Crippen LogP contribution in [0.5, 0.6) is 0 Å². The summed E-state index contributed by atoms with van der Waals surface area (Å²) in [5.41, 5.74) is 0.472. The maximum atomic E-state index is 12.3. The molecule has 27 heavy (non-hydrogen) atoms. The van der Waals surface area contributed by atoms with Crippen molar-refractivity contribution < 1.29 is 27.1 Å². The van der Waals surface area contributed by atoms with E-state index in [-0.39, 0.29) is 23.7 Å². The number of esters is 1. The van der Waals surface area contributed by atoms with Crippen LogP contribution in [-0.2, 0) is 26.0 Å². The first-order chi connectivity index (χ1) is 12.9. The van der Waals surface area contributed by atoms with E-state index < -0.39 is 16.0 Å². The van der Waals surface area contributed by atoms with E-state index in [1.54, 1.807) is 12.1 Å². The van der Waals surface area contributed by atoms with Crippen molar-refractivity contribution >= 4 is 33.3 Å². The van der Waals surface area contributed by atoms with E-state index >= 15 is 0 Å². The molecule has 0 unspecified atom stereocenters. The van der Waals surface area contributed by atoms with E-state index in [9.17, 15) is 13.2 Å². The van der Waals surface area contributed by atoms with Crippen molar-refractivity contribution in [1.82, 2.24) is 0 Å². The van der Waals surface area contributed by atoms with Crippen molar-refractivity contribution in [2.24, 2.45) is 5.14 Å². The van der Waals surface area contributed by atoms with Crippen molar-refractivity contribution in [3.05, 3.63) is 47.9 Å². The number of halogens is 1. The van der Waals surface area contributed by atoms with Crippen LogP contribution in [0.1, 0.15) is 23.0 Å². The van der Waals surface area contributed by atoms with Crippen LogP contribution >= 0.6 is 11.6 Å². The molecule has 0 spiro atoms. The van der Waals surface area contributed by atoms with Gasteiger partial charge in [0.25, 0.3) is 0 Å². The molecule has 2 aromatic rings. The lowest BCUT2D eigenvalue weighted by molar-refractivity contribution is 0.0336. The molecule has 0 radical (unpaired) electrons. The van der Waals surface area contributed by atoms with E-state index in [1.807, 2.05) is 6.92 Å². The number of primary sulfonamides is 1. The summed E-state index contributed by atoms with van der Waals surface area (Å²) in [5.74, 6) is -0.0154.